The fourth-order valence-electron chi connectivity index (χ4n) is 1.48. The Hall–Kier alpha value is -2.04. The van der Waals surface area contributed by atoms with Gasteiger partial charge in [0.15, 0.2) is 0 Å². The molecular weight excluding hydrogens is 244 g/mol. The van der Waals surface area contributed by atoms with Gasteiger partial charge < -0.3 is 4.74 Å². The number of hydrazine groups is 1. The molecule has 0 radical (unpaired) electrons. The average Bonchev–Trinajstić information content (AvgIpc) is 2.26. The molecule has 0 unspecified atom stereocenters. The average molecular weight is 264 g/mol. The normalized spacial score (nSPS) is 10.8. The summed E-state index contributed by atoms with van der Waals surface area (Å²) in [6.45, 7) is 7.12. The summed E-state index contributed by atoms with van der Waals surface area (Å²) in [6.07, 6.45) is -0.656. The van der Waals surface area contributed by atoms with Crippen LogP contribution in [0.4, 0.5) is 4.79 Å². The third-order valence-electron chi connectivity index (χ3n) is 2.34. The summed E-state index contributed by atoms with van der Waals surface area (Å²) in [5, 5.41) is 1.12. The van der Waals surface area contributed by atoms with Gasteiger partial charge in [-0.1, -0.05) is 18.2 Å². The number of carbonyl (C=O) groups excluding carboxylic acids is 2. The lowest BCUT2D eigenvalue weighted by atomic mass is 10.1. The van der Waals surface area contributed by atoms with E-state index in [4.69, 9.17) is 4.74 Å². The molecule has 0 atom stereocenters. The van der Waals surface area contributed by atoms with Gasteiger partial charge in [-0.2, -0.15) is 0 Å². The van der Waals surface area contributed by atoms with Crippen LogP contribution in [-0.2, 0) is 4.74 Å². The van der Waals surface area contributed by atoms with Crippen LogP contribution in [-0.4, -0.2) is 29.7 Å². The lowest BCUT2D eigenvalue weighted by molar-refractivity contribution is 0.0334. The molecule has 0 aliphatic rings. The number of hydrogen-bond acceptors (Lipinski definition) is 3. The molecule has 0 spiro atoms. The van der Waals surface area contributed by atoms with Crippen LogP contribution in [0.15, 0.2) is 24.3 Å². The van der Waals surface area contributed by atoms with Crippen LogP contribution in [0.5, 0.6) is 0 Å². The van der Waals surface area contributed by atoms with E-state index >= 15 is 0 Å². The van der Waals surface area contributed by atoms with Crippen molar-refractivity contribution in [1.29, 1.82) is 0 Å². The molecule has 0 saturated heterocycles. The third-order valence-corrected chi connectivity index (χ3v) is 2.34. The number of nitrogens with zero attached hydrogens (tertiary/aromatic N) is 1. The van der Waals surface area contributed by atoms with Crippen molar-refractivity contribution in [1.82, 2.24) is 10.4 Å². The van der Waals surface area contributed by atoms with Crippen LogP contribution >= 0.6 is 0 Å². The van der Waals surface area contributed by atoms with E-state index < -0.39 is 11.7 Å². The van der Waals surface area contributed by atoms with Gasteiger partial charge >= 0.3 is 6.09 Å². The van der Waals surface area contributed by atoms with E-state index in [1.807, 2.05) is 19.1 Å². The molecule has 0 aliphatic carbocycles. The van der Waals surface area contributed by atoms with Gasteiger partial charge in [-0.15, -0.1) is 0 Å². The first-order valence-electron chi connectivity index (χ1n) is 6.04. The molecule has 0 heterocycles. The van der Waals surface area contributed by atoms with Crippen LogP contribution in [0.25, 0.3) is 0 Å². The predicted molar refractivity (Wildman–Crippen MR) is 72.6 cm³/mol. The second-order valence-corrected chi connectivity index (χ2v) is 5.29. The molecule has 1 aromatic carbocycles. The second kappa shape index (κ2) is 5.73. The summed E-state index contributed by atoms with van der Waals surface area (Å²) < 4.78 is 5.08. The van der Waals surface area contributed by atoms with Gasteiger partial charge in [-0.25, -0.2) is 10.2 Å². The maximum absolute atomic E-state index is 12.1. The number of aryl methyl sites for hydroxylation is 1. The third kappa shape index (κ3) is 4.62. The highest BCUT2D eigenvalue weighted by Gasteiger charge is 2.20. The minimum Gasteiger partial charge on any atom is -0.443 e. The topological polar surface area (TPSA) is 58.6 Å². The Kier molecular flexibility index (Phi) is 4.53. The highest BCUT2D eigenvalue weighted by atomic mass is 16.6. The van der Waals surface area contributed by atoms with E-state index in [9.17, 15) is 9.59 Å². The minimum atomic E-state index is -0.656. The molecule has 1 N–H and O–H groups in total. The van der Waals surface area contributed by atoms with Crippen LogP contribution in [0.3, 0.4) is 0 Å². The minimum absolute atomic E-state index is 0.288. The number of amides is 2. The zero-order valence-electron chi connectivity index (χ0n) is 12.0. The Balaban J connectivity index is 2.69. The standard InChI is InChI=1S/C14H20N2O3/c1-10-8-6-7-9-11(10)12(17)16(5)15-13(18)19-14(2,3)4/h6-9H,1-5H3,(H,15,18). The fourth-order valence-corrected chi connectivity index (χ4v) is 1.48. The number of carbonyl (C=O) groups is 2. The number of benzene rings is 1. The van der Waals surface area contributed by atoms with E-state index in [1.165, 1.54) is 7.05 Å². The Labute approximate surface area is 113 Å². The Morgan fingerprint density at radius 1 is 1.21 bits per heavy atom. The van der Waals surface area contributed by atoms with Crippen molar-refractivity contribution in [2.24, 2.45) is 0 Å². The first-order chi connectivity index (χ1) is 8.70. The first-order valence-corrected chi connectivity index (χ1v) is 6.04. The van der Waals surface area contributed by atoms with Crippen molar-refractivity contribution in [3.63, 3.8) is 0 Å². The van der Waals surface area contributed by atoms with Crippen molar-refractivity contribution in [3.8, 4) is 0 Å². The quantitative estimate of drug-likeness (QED) is 0.793. The summed E-state index contributed by atoms with van der Waals surface area (Å²) in [4.78, 5) is 23.7. The van der Waals surface area contributed by atoms with Crippen LogP contribution in [0, 0.1) is 6.92 Å². The molecule has 0 bridgehead atoms. The maximum atomic E-state index is 12.1. The van der Waals surface area contributed by atoms with E-state index in [-0.39, 0.29) is 5.91 Å². The Morgan fingerprint density at radius 2 is 1.79 bits per heavy atom. The summed E-state index contributed by atoms with van der Waals surface area (Å²) in [5.74, 6) is -0.288. The molecule has 0 aliphatic heterocycles. The van der Waals surface area contributed by atoms with Crippen molar-refractivity contribution < 1.29 is 14.3 Å². The zero-order chi connectivity index (χ0) is 14.6. The van der Waals surface area contributed by atoms with Gasteiger partial charge in [0.2, 0.25) is 0 Å². The van der Waals surface area contributed by atoms with Crippen LogP contribution in [0.2, 0.25) is 0 Å². The zero-order valence-corrected chi connectivity index (χ0v) is 12.0. The Morgan fingerprint density at radius 3 is 2.32 bits per heavy atom. The molecule has 1 rings (SSSR count). The number of ether oxygens (including phenoxy) is 1. The largest absolute Gasteiger partial charge is 0.443 e. The summed E-state index contributed by atoms with van der Waals surface area (Å²) in [6, 6.07) is 7.19. The smallest absolute Gasteiger partial charge is 0.426 e. The van der Waals surface area contributed by atoms with Crippen molar-refractivity contribution in [2.45, 2.75) is 33.3 Å². The number of nitrogens with one attached hydrogen (secondary N) is 1. The fraction of sp³-hybridized carbons (Fsp3) is 0.429. The van der Waals surface area contributed by atoms with E-state index in [0.29, 0.717) is 5.56 Å². The first kappa shape index (κ1) is 15.0. The SMILES string of the molecule is Cc1ccccc1C(=O)N(C)NC(=O)OC(C)(C)C. The molecule has 19 heavy (non-hydrogen) atoms. The highest BCUT2D eigenvalue weighted by molar-refractivity contribution is 5.96. The van der Waals surface area contributed by atoms with Gasteiger partial charge in [-0.3, -0.25) is 9.80 Å². The maximum Gasteiger partial charge on any atom is 0.426 e. The molecule has 0 fully saturated rings. The highest BCUT2D eigenvalue weighted by Crippen LogP contribution is 2.10. The van der Waals surface area contributed by atoms with Gasteiger partial charge in [0, 0.05) is 12.6 Å². The van der Waals surface area contributed by atoms with E-state index in [0.717, 1.165) is 10.6 Å². The molecular formula is C14H20N2O3. The number of hydrogen-bond donors (Lipinski definition) is 1. The molecule has 5 nitrogen and oxygen atoms in total. The molecule has 1 aromatic rings. The lowest BCUT2D eigenvalue weighted by Gasteiger charge is -2.23. The van der Waals surface area contributed by atoms with E-state index in [1.54, 1.807) is 32.9 Å². The van der Waals surface area contributed by atoms with Crippen LogP contribution in [0.1, 0.15) is 36.7 Å². The summed E-state index contributed by atoms with van der Waals surface area (Å²) >= 11 is 0. The molecule has 2 amide bonds. The molecule has 0 saturated carbocycles. The second-order valence-electron chi connectivity index (χ2n) is 5.29. The number of rotatable bonds is 1. The summed E-state index contributed by atoms with van der Waals surface area (Å²) in [7, 11) is 1.48. The van der Waals surface area contributed by atoms with Gasteiger partial charge in [0.25, 0.3) is 5.91 Å². The van der Waals surface area contributed by atoms with Gasteiger partial charge in [0.05, 0.1) is 0 Å². The van der Waals surface area contributed by atoms with Crippen LogP contribution < -0.4 is 5.43 Å². The predicted octanol–water partition coefficient (Wildman–Crippen LogP) is 2.51. The monoisotopic (exact) mass is 264 g/mol. The van der Waals surface area contributed by atoms with Crippen molar-refractivity contribution in [3.05, 3.63) is 35.4 Å². The van der Waals surface area contributed by atoms with Gasteiger partial charge in [0.1, 0.15) is 5.60 Å². The Bertz CT molecular complexity index is 478. The molecule has 5 heteroatoms. The molecule has 0 aromatic heterocycles. The van der Waals surface area contributed by atoms with Crippen molar-refractivity contribution in [2.75, 3.05) is 7.05 Å². The molecule has 104 valence electrons. The lowest BCUT2D eigenvalue weighted by Crippen LogP contribution is -2.45. The van der Waals surface area contributed by atoms with Gasteiger partial charge in [-0.05, 0) is 39.3 Å². The summed E-state index contributed by atoms with van der Waals surface area (Å²) in [5.41, 5.74) is 3.18. The van der Waals surface area contributed by atoms with Crippen molar-refractivity contribution >= 4 is 12.0 Å². The van der Waals surface area contributed by atoms with E-state index in [2.05, 4.69) is 5.43 Å².